The molecule has 0 heterocycles. The molecule has 0 aromatic rings. The van der Waals surface area contributed by atoms with E-state index in [1.54, 1.807) is 0 Å². The lowest BCUT2D eigenvalue weighted by molar-refractivity contribution is -0.146. The lowest BCUT2D eigenvalue weighted by Crippen LogP contribution is -2.28. The Balaban J connectivity index is 4.47. The van der Waals surface area contributed by atoms with Crippen molar-refractivity contribution in [2.45, 2.75) is 39.5 Å². The summed E-state index contributed by atoms with van der Waals surface area (Å²) in [6.07, 6.45) is 1.81. The van der Waals surface area contributed by atoms with Gasteiger partial charge in [-0.2, -0.15) is 5.26 Å². The Morgan fingerprint density at radius 2 is 2.25 bits per heavy atom. The van der Waals surface area contributed by atoms with E-state index in [4.69, 9.17) is 11.7 Å². The molecule has 0 saturated carbocycles. The van der Waals surface area contributed by atoms with Gasteiger partial charge in [-0.15, -0.1) is 0 Å². The van der Waals surface area contributed by atoms with E-state index in [0.717, 1.165) is 0 Å². The van der Waals surface area contributed by atoms with Crippen molar-refractivity contribution in [1.29, 1.82) is 5.26 Å². The van der Waals surface area contributed by atoms with Gasteiger partial charge in [0.25, 0.3) is 0 Å². The highest BCUT2D eigenvalue weighted by molar-refractivity contribution is 5.77. The minimum Gasteiger partial charge on any atom is -0.480 e. The molecule has 0 aliphatic rings. The van der Waals surface area contributed by atoms with E-state index in [9.17, 15) is 4.79 Å². The monoisotopic (exact) mass is 170 g/mol. The molecule has 0 saturated heterocycles. The van der Waals surface area contributed by atoms with E-state index in [1.807, 2.05) is 13.0 Å². The van der Waals surface area contributed by atoms with Gasteiger partial charge in [0.15, 0.2) is 5.41 Å². The Kier molecular flexibility index (Phi) is 3.59. The van der Waals surface area contributed by atoms with E-state index in [0.29, 0.717) is 19.3 Å². The highest BCUT2D eigenvalue weighted by Crippen LogP contribution is 2.29. The largest absolute Gasteiger partial charge is 0.480 e. The van der Waals surface area contributed by atoms with Gasteiger partial charge in [0.1, 0.15) is 0 Å². The molecule has 3 nitrogen and oxygen atoms in total. The number of nitrogens with zero attached hydrogens (tertiary/aromatic N) is 1. The highest BCUT2D eigenvalue weighted by atomic mass is 16.4. The van der Waals surface area contributed by atoms with Gasteiger partial charge in [0.05, 0.1) is 6.07 Å². The molecule has 0 bridgehead atoms. The van der Waals surface area contributed by atoms with E-state index in [-0.39, 0.29) is 13.3 Å². The topological polar surface area (TPSA) is 61.1 Å². The fraction of sp³-hybridized carbons (Fsp3) is 0.778. The third-order valence-electron chi connectivity index (χ3n) is 1.90. The van der Waals surface area contributed by atoms with Crippen LogP contribution in [0.1, 0.15) is 40.9 Å². The van der Waals surface area contributed by atoms with Crippen LogP contribution < -0.4 is 0 Å². The normalized spacial score (nSPS) is 15.8. The Bertz CT molecular complexity index is 212. The lowest BCUT2D eigenvalue weighted by atomic mass is 9.81. The van der Waals surface area contributed by atoms with Gasteiger partial charge in [-0.3, -0.25) is 4.79 Å². The molecule has 12 heavy (non-hydrogen) atoms. The maximum Gasteiger partial charge on any atom is 0.324 e. The number of aliphatic carboxylic acids is 1. The van der Waals surface area contributed by atoms with Crippen LogP contribution in [0.25, 0.3) is 0 Å². The van der Waals surface area contributed by atoms with Crippen LogP contribution in [0.3, 0.4) is 0 Å². The molecular weight excluding hydrogens is 154 g/mol. The molecular formula is C9H15NO2. The molecule has 1 atom stereocenters. The molecule has 1 N–H and O–H groups in total. The van der Waals surface area contributed by atoms with Gasteiger partial charge in [0, 0.05) is 1.37 Å². The van der Waals surface area contributed by atoms with Crippen LogP contribution in [-0.4, -0.2) is 11.1 Å². The van der Waals surface area contributed by atoms with Gasteiger partial charge in [-0.1, -0.05) is 26.7 Å². The molecule has 0 radical (unpaired) electrons. The summed E-state index contributed by atoms with van der Waals surface area (Å²) in [5.41, 5.74) is -1.25. The predicted molar refractivity (Wildman–Crippen MR) is 45.5 cm³/mol. The SMILES string of the molecule is [2H]CCCC(C#N)(CCC)C(=O)O. The number of hydrogen-bond donors (Lipinski definition) is 1. The maximum atomic E-state index is 10.9. The smallest absolute Gasteiger partial charge is 0.324 e. The van der Waals surface area contributed by atoms with Crippen LogP contribution in [0.2, 0.25) is 0 Å². The van der Waals surface area contributed by atoms with Crippen molar-refractivity contribution in [3.05, 3.63) is 0 Å². The molecule has 1 unspecified atom stereocenters. The molecule has 0 spiro atoms. The van der Waals surface area contributed by atoms with Gasteiger partial charge in [0.2, 0.25) is 0 Å². The quantitative estimate of drug-likeness (QED) is 0.687. The molecule has 0 rings (SSSR count). The van der Waals surface area contributed by atoms with Crippen molar-refractivity contribution in [3.8, 4) is 6.07 Å². The van der Waals surface area contributed by atoms with Gasteiger partial charge < -0.3 is 5.11 Å². The second-order valence-electron chi connectivity index (χ2n) is 2.85. The highest BCUT2D eigenvalue weighted by Gasteiger charge is 2.36. The van der Waals surface area contributed by atoms with E-state index in [2.05, 4.69) is 0 Å². The van der Waals surface area contributed by atoms with Gasteiger partial charge in [-0.25, -0.2) is 0 Å². The first-order valence-corrected chi connectivity index (χ1v) is 4.07. The van der Waals surface area contributed by atoms with Crippen molar-refractivity contribution < 1.29 is 11.3 Å². The minimum absolute atomic E-state index is 0.181. The van der Waals surface area contributed by atoms with Gasteiger partial charge in [-0.05, 0) is 12.8 Å². The summed E-state index contributed by atoms with van der Waals surface area (Å²) in [7, 11) is 0. The third kappa shape index (κ3) is 2.23. The first-order valence-electron chi connectivity index (χ1n) is 4.77. The van der Waals surface area contributed by atoms with Crippen molar-refractivity contribution >= 4 is 5.97 Å². The zero-order valence-corrected chi connectivity index (χ0v) is 7.34. The van der Waals surface area contributed by atoms with Crippen molar-refractivity contribution in [2.24, 2.45) is 5.41 Å². The van der Waals surface area contributed by atoms with Crippen molar-refractivity contribution in [2.75, 3.05) is 0 Å². The van der Waals surface area contributed by atoms with E-state index in [1.165, 1.54) is 0 Å². The number of rotatable bonds is 5. The van der Waals surface area contributed by atoms with Crippen molar-refractivity contribution in [1.82, 2.24) is 0 Å². The first kappa shape index (κ1) is 9.05. The lowest BCUT2D eigenvalue weighted by Gasteiger charge is -2.19. The molecule has 68 valence electrons. The van der Waals surface area contributed by atoms with Crippen molar-refractivity contribution in [3.63, 3.8) is 0 Å². The summed E-state index contributed by atoms with van der Waals surface area (Å²) in [6.45, 7) is 2.04. The fourth-order valence-corrected chi connectivity index (χ4v) is 1.23. The Morgan fingerprint density at radius 3 is 2.58 bits per heavy atom. The second-order valence-corrected chi connectivity index (χ2v) is 2.85. The molecule has 0 aliphatic heterocycles. The van der Waals surface area contributed by atoms with Crippen LogP contribution >= 0.6 is 0 Å². The van der Waals surface area contributed by atoms with Crippen LogP contribution in [0, 0.1) is 16.7 Å². The molecule has 0 fully saturated rings. The fourth-order valence-electron chi connectivity index (χ4n) is 1.23. The average Bonchev–Trinajstić information content (AvgIpc) is 2.12. The zero-order chi connectivity index (χ0) is 10.3. The zero-order valence-electron chi connectivity index (χ0n) is 8.34. The number of carboxylic acid groups (broad SMARTS) is 1. The summed E-state index contributed by atoms with van der Waals surface area (Å²) in [5.74, 6) is -1.05. The van der Waals surface area contributed by atoms with Crippen LogP contribution in [0.5, 0.6) is 0 Å². The number of carboxylic acids is 1. The average molecular weight is 170 g/mol. The van der Waals surface area contributed by atoms with Crippen LogP contribution in [0.15, 0.2) is 0 Å². The van der Waals surface area contributed by atoms with Crippen LogP contribution in [-0.2, 0) is 4.79 Å². The standard InChI is InChI=1S/C9H15NO2/c1-3-5-9(7-10,6-4-2)8(11)12/h3-6H2,1-2H3,(H,11,12)/i1D. The van der Waals surface area contributed by atoms with Crippen LogP contribution in [0.4, 0.5) is 0 Å². The maximum absolute atomic E-state index is 10.9. The number of nitriles is 1. The Labute approximate surface area is 74.4 Å². The number of carbonyl (C=O) groups is 1. The molecule has 3 heteroatoms. The number of hydrogen-bond acceptors (Lipinski definition) is 2. The third-order valence-corrected chi connectivity index (χ3v) is 1.90. The van der Waals surface area contributed by atoms with E-state index < -0.39 is 11.4 Å². The molecule has 0 aromatic carbocycles. The molecule has 0 amide bonds. The first-order chi connectivity index (χ1) is 6.13. The second kappa shape index (κ2) is 4.76. The Morgan fingerprint density at radius 1 is 1.67 bits per heavy atom. The molecule has 0 aromatic heterocycles. The summed E-state index contributed by atoms with van der Waals surface area (Å²) >= 11 is 0. The van der Waals surface area contributed by atoms with E-state index >= 15 is 0 Å². The molecule has 0 aliphatic carbocycles. The van der Waals surface area contributed by atoms with Gasteiger partial charge >= 0.3 is 5.97 Å². The summed E-state index contributed by atoms with van der Waals surface area (Å²) in [4.78, 5) is 10.9. The summed E-state index contributed by atoms with van der Waals surface area (Å²) < 4.78 is 6.93. The predicted octanol–water partition coefficient (Wildman–Crippen LogP) is 2.18. The summed E-state index contributed by atoms with van der Waals surface area (Å²) in [5, 5.41) is 17.7. The summed E-state index contributed by atoms with van der Waals surface area (Å²) in [6, 6.07) is 1.87. The minimum atomic E-state index is -1.25. The Hall–Kier alpha value is -1.04.